The van der Waals surface area contributed by atoms with Gasteiger partial charge in [-0.25, -0.2) is 4.79 Å². The number of nitrogens with zero attached hydrogens (tertiary/aromatic N) is 1. The Hall–Kier alpha value is -1.60. The fourth-order valence-electron chi connectivity index (χ4n) is 1.81. The maximum Gasteiger partial charge on any atom is 0.349 e. The number of fused-ring (bicyclic) bond motifs is 1. The lowest BCUT2D eigenvalue weighted by Gasteiger charge is -2.06. The summed E-state index contributed by atoms with van der Waals surface area (Å²) in [6.07, 6.45) is 0. The van der Waals surface area contributed by atoms with Crippen LogP contribution < -0.4 is 10.9 Å². The lowest BCUT2D eigenvalue weighted by molar-refractivity contribution is 0.522. The Morgan fingerprint density at radius 1 is 1.15 bits per heavy atom. The second-order valence-corrected chi connectivity index (χ2v) is 5.61. The highest BCUT2D eigenvalue weighted by Crippen LogP contribution is 2.23. The topological polar surface area (TPSA) is 55.1 Å². The van der Waals surface area contributed by atoms with E-state index in [1.165, 1.54) is 0 Å². The molecule has 0 radical (unpaired) electrons. The van der Waals surface area contributed by atoms with E-state index in [-0.39, 0.29) is 6.01 Å². The molecule has 1 N–H and O–H groups in total. The molecule has 100 valence electrons. The third kappa shape index (κ3) is 2.51. The number of hydrogen-bond donors (Lipinski definition) is 1. The first-order chi connectivity index (χ1) is 9.65. The van der Waals surface area contributed by atoms with Crippen molar-refractivity contribution in [1.29, 1.82) is 0 Å². The molecule has 0 amide bonds. The zero-order valence-electron chi connectivity index (χ0n) is 10.1. The summed E-state index contributed by atoms with van der Waals surface area (Å²) in [5.41, 5.74) is 0.821. The van der Waals surface area contributed by atoms with Gasteiger partial charge in [-0.1, -0.05) is 29.8 Å². The molecule has 20 heavy (non-hydrogen) atoms. The monoisotopic (exact) mass is 398 g/mol. The zero-order valence-corrected chi connectivity index (χ0v) is 13.0. The lowest BCUT2D eigenvalue weighted by Crippen LogP contribution is -2.06. The molecule has 0 bridgehead atoms. The maximum absolute atomic E-state index is 12.0. The average molecular weight is 399 g/mol. The molecule has 3 rings (SSSR count). The van der Waals surface area contributed by atoms with E-state index in [9.17, 15) is 4.79 Å². The first kappa shape index (κ1) is 13.4. The van der Waals surface area contributed by atoms with Crippen molar-refractivity contribution in [1.82, 2.24) is 4.98 Å². The minimum atomic E-state index is -0.506. The molecule has 0 aliphatic heterocycles. The number of aromatic nitrogens is 1. The van der Waals surface area contributed by atoms with E-state index in [4.69, 9.17) is 16.0 Å². The highest BCUT2D eigenvalue weighted by Gasteiger charge is 2.10. The van der Waals surface area contributed by atoms with Gasteiger partial charge in [0.05, 0.1) is 16.2 Å². The number of anilines is 2. The average Bonchev–Trinajstić information content (AvgIpc) is 2.41. The molecular weight excluding hydrogens is 391 g/mol. The van der Waals surface area contributed by atoms with Crippen LogP contribution in [0.5, 0.6) is 0 Å². The van der Waals surface area contributed by atoms with Crippen LogP contribution in [0.4, 0.5) is 11.7 Å². The Morgan fingerprint density at radius 2 is 1.95 bits per heavy atom. The highest BCUT2D eigenvalue weighted by atomic mass is 127. The van der Waals surface area contributed by atoms with Gasteiger partial charge in [-0.2, -0.15) is 4.98 Å². The summed E-state index contributed by atoms with van der Waals surface area (Å²) in [4.78, 5) is 16.2. The second kappa shape index (κ2) is 5.41. The number of nitrogens with one attached hydrogen (secondary N) is 1. The van der Waals surface area contributed by atoms with E-state index in [0.717, 1.165) is 9.26 Å². The largest absolute Gasteiger partial charge is 0.388 e. The van der Waals surface area contributed by atoms with E-state index in [1.54, 1.807) is 18.2 Å². The number of benzene rings is 2. The molecule has 0 atom stereocenters. The van der Waals surface area contributed by atoms with Gasteiger partial charge in [-0.05, 0) is 46.9 Å². The fourth-order valence-corrected chi connectivity index (χ4v) is 2.58. The smallest absolute Gasteiger partial charge is 0.349 e. The van der Waals surface area contributed by atoms with Crippen molar-refractivity contribution in [2.45, 2.75) is 0 Å². The molecular formula is C14H8ClIN2O2. The van der Waals surface area contributed by atoms with Crippen molar-refractivity contribution in [3.05, 3.63) is 61.5 Å². The van der Waals surface area contributed by atoms with Gasteiger partial charge in [0.2, 0.25) is 0 Å². The van der Waals surface area contributed by atoms with Crippen LogP contribution in [0.25, 0.3) is 10.9 Å². The molecule has 0 spiro atoms. The molecule has 1 aromatic heterocycles. The first-order valence-corrected chi connectivity index (χ1v) is 7.22. The van der Waals surface area contributed by atoms with Gasteiger partial charge in [-0.15, -0.1) is 0 Å². The van der Waals surface area contributed by atoms with Gasteiger partial charge >= 0.3 is 11.6 Å². The maximum atomic E-state index is 12.0. The van der Waals surface area contributed by atoms with E-state index in [0.29, 0.717) is 15.9 Å². The lowest BCUT2D eigenvalue weighted by atomic mass is 10.2. The summed E-state index contributed by atoms with van der Waals surface area (Å²) in [7, 11) is 0. The summed E-state index contributed by atoms with van der Waals surface area (Å²) in [5, 5.41) is 3.63. The van der Waals surface area contributed by atoms with E-state index < -0.39 is 5.63 Å². The minimum Gasteiger partial charge on any atom is -0.388 e. The normalized spacial score (nSPS) is 10.7. The van der Waals surface area contributed by atoms with Crippen LogP contribution in [-0.2, 0) is 0 Å². The Labute approximate surface area is 132 Å². The third-order valence-corrected chi connectivity index (χ3v) is 3.98. The van der Waals surface area contributed by atoms with Gasteiger partial charge in [0.25, 0.3) is 0 Å². The van der Waals surface area contributed by atoms with Crippen molar-refractivity contribution >= 4 is 56.8 Å². The van der Waals surface area contributed by atoms with Gasteiger partial charge in [0.1, 0.15) is 5.39 Å². The predicted octanol–water partition coefficient (Wildman–Crippen LogP) is 4.19. The SMILES string of the molecule is O=c1oc(Nc2ccccc2I)nc2cccc(Cl)c12. The van der Waals surface area contributed by atoms with Crippen LogP contribution in [-0.4, -0.2) is 4.98 Å². The van der Waals surface area contributed by atoms with Gasteiger partial charge < -0.3 is 9.73 Å². The van der Waals surface area contributed by atoms with Crippen molar-refractivity contribution in [3.8, 4) is 0 Å². The number of rotatable bonds is 2. The van der Waals surface area contributed by atoms with Crippen LogP contribution in [0.2, 0.25) is 5.02 Å². The van der Waals surface area contributed by atoms with Crippen molar-refractivity contribution in [2.24, 2.45) is 0 Å². The Morgan fingerprint density at radius 3 is 2.75 bits per heavy atom. The third-order valence-electron chi connectivity index (χ3n) is 2.72. The fraction of sp³-hybridized carbons (Fsp3) is 0. The van der Waals surface area contributed by atoms with Crippen LogP contribution in [0.3, 0.4) is 0 Å². The zero-order chi connectivity index (χ0) is 14.1. The van der Waals surface area contributed by atoms with E-state index >= 15 is 0 Å². The molecule has 0 aliphatic carbocycles. The van der Waals surface area contributed by atoms with Gasteiger partial charge in [0.15, 0.2) is 0 Å². The highest BCUT2D eigenvalue weighted by molar-refractivity contribution is 14.1. The summed E-state index contributed by atoms with van der Waals surface area (Å²) in [6.45, 7) is 0. The number of para-hydroxylation sites is 1. The molecule has 2 aromatic carbocycles. The van der Waals surface area contributed by atoms with Gasteiger partial charge in [0, 0.05) is 3.57 Å². The molecule has 1 heterocycles. The van der Waals surface area contributed by atoms with Crippen LogP contribution in [0.1, 0.15) is 0 Å². The van der Waals surface area contributed by atoms with E-state index in [1.807, 2.05) is 24.3 Å². The Balaban J connectivity index is 2.10. The molecule has 0 saturated carbocycles. The standard InChI is InChI=1S/C14H8ClIN2O2/c15-8-4-3-7-11-12(8)13(19)20-14(18-11)17-10-6-2-1-5-9(10)16/h1-7H,(H,17,18). The summed E-state index contributed by atoms with van der Waals surface area (Å²) in [6, 6.07) is 12.9. The quantitative estimate of drug-likeness (QED) is 0.658. The van der Waals surface area contributed by atoms with Crippen LogP contribution in [0.15, 0.2) is 51.7 Å². The molecule has 4 nitrogen and oxygen atoms in total. The van der Waals surface area contributed by atoms with Gasteiger partial charge in [-0.3, -0.25) is 0 Å². The summed E-state index contributed by atoms with van der Waals surface area (Å²) < 4.78 is 6.17. The number of hydrogen-bond acceptors (Lipinski definition) is 4. The van der Waals surface area contributed by atoms with Crippen LogP contribution in [0, 0.1) is 3.57 Å². The van der Waals surface area contributed by atoms with Crippen molar-refractivity contribution in [2.75, 3.05) is 5.32 Å². The predicted molar refractivity (Wildman–Crippen MR) is 87.7 cm³/mol. The molecule has 0 fully saturated rings. The molecule has 0 saturated heterocycles. The summed E-state index contributed by atoms with van der Waals surface area (Å²) in [5.74, 6) is 0. The second-order valence-electron chi connectivity index (χ2n) is 4.05. The van der Waals surface area contributed by atoms with Crippen molar-refractivity contribution in [3.63, 3.8) is 0 Å². The molecule has 6 heteroatoms. The molecule has 0 unspecified atom stereocenters. The van der Waals surface area contributed by atoms with Crippen molar-refractivity contribution < 1.29 is 4.42 Å². The Kier molecular flexibility index (Phi) is 3.62. The molecule has 3 aromatic rings. The minimum absolute atomic E-state index is 0.147. The van der Waals surface area contributed by atoms with Crippen LogP contribution >= 0.6 is 34.2 Å². The molecule has 0 aliphatic rings. The Bertz CT molecular complexity index is 848. The van der Waals surface area contributed by atoms with E-state index in [2.05, 4.69) is 32.9 Å². The first-order valence-electron chi connectivity index (χ1n) is 5.76. The summed E-state index contributed by atoms with van der Waals surface area (Å²) >= 11 is 8.17. The number of halogens is 2.